The molecule has 0 radical (unpaired) electrons. The van der Waals surface area contributed by atoms with Crippen LogP contribution in [0.4, 0.5) is 0 Å². The van der Waals surface area contributed by atoms with E-state index in [-0.39, 0.29) is 22.1 Å². The van der Waals surface area contributed by atoms with Gasteiger partial charge >= 0.3 is 5.97 Å². The minimum absolute atomic E-state index is 0.101. The van der Waals surface area contributed by atoms with Crippen molar-refractivity contribution < 1.29 is 27.5 Å². The second-order valence-electron chi connectivity index (χ2n) is 6.11. The SMILES string of the molecule is CCN(CC)C(=O)[C@H](OC(=O)c1cc(S(N)(=O)=O)ccc1OC)c1ccccc1. The smallest absolute Gasteiger partial charge is 0.343 e. The van der Waals surface area contributed by atoms with Crippen molar-refractivity contribution in [2.45, 2.75) is 24.8 Å². The molecule has 0 bridgehead atoms. The fourth-order valence-electron chi connectivity index (χ4n) is 2.78. The Kier molecular flexibility index (Phi) is 7.35. The van der Waals surface area contributed by atoms with Gasteiger partial charge in [-0.3, -0.25) is 4.79 Å². The van der Waals surface area contributed by atoms with Gasteiger partial charge in [0.1, 0.15) is 11.3 Å². The van der Waals surface area contributed by atoms with Gasteiger partial charge in [0.05, 0.1) is 12.0 Å². The molecule has 2 N–H and O–H groups in total. The summed E-state index contributed by atoms with van der Waals surface area (Å²) in [7, 11) is -2.71. The van der Waals surface area contributed by atoms with Crippen LogP contribution in [0.25, 0.3) is 0 Å². The van der Waals surface area contributed by atoms with Crippen LogP contribution < -0.4 is 9.88 Å². The van der Waals surface area contributed by atoms with Crippen molar-refractivity contribution in [3.8, 4) is 5.75 Å². The maximum absolute atomic E-state index is 13.0. The van der Waals surface area contributed by atoms with E-state index in [9.17, 15) is 18.0 Å². The summed E-state index contributed by atoms with van der Waals surface area (Å²) in [5.74, 6) is -1.18. The number of sulfonamides is 1. The van der Waals surface area contributed by atoms with E-state index < -0.39 is 22.1 Å². The van der Waals surface area contributed by atoms with Gasteiger partial charge in [-0.05, 0) is 32.0 Å². The number of primary sulfonamides is 1. The van der Waals surface area contributed by atoms with Gasteiger partial charge in [0, 0.05) is 18.7 Å². The third-order valence-corrected chi connectivity index (χ3v) is 5.26. The number of carbonyl (C=O) groups is 2. The fourth-order valence-corrected chi connectivity index (χ4v) is 3.32. The predicted molar refractivity (Wildman–Crippen MR) is 107 cm³/mol. The van der Waals surface area contributed by atoms with Crippen LogP contribution in [0.15, 0.2) is 53.4 Å². The molecule has 0 aliphatic heterocycles. The second kappa shape index (κ2) is 9.53. The van der Waals surface area contributed by atoms with Gasteiger partial charge in [-0.2, -0.15) is 0 Å². The molecule has 2 aromatic rings. The molecule has 8 nitrogen and oxygen atoms in total. The van der Waals surface area contributed by atoms with Crippen molar-refractivity contribution in [3.63, 3.8) is 0 Å². The highest BCUT2D eigenvalue weighted by Crippen LogP contribution is 2.27. The Morgan fingerprint density at radius 3 is 2.21 bits per heavy atom. The van der Waals surface area contributed by atoms with Gasteiger partial charge in [0.15, 0.2) is 0 Å². The van der Waals surface area contributed by atoms with Crippen LogP contribution in [-0.4, -0.2) is 45.4 Å². The summed E-state index contributed by atoms with van der Waals surface area (Å²) in [5.41, 5.74) is 0.353. The zero-order valence-electron chi connectivity index (χ0n) is 16.5. The van der Waals surface area contributed by atoms with Gasteiger partial charge < -0.3 is 14.4 Å². The molecule has 0 fully saturated rings. The molecule has 2 aromatic carbocycles. The molecular weight excluding hydrogens is 396 g/mol. The normalized spacial score (nSPS) is 12.1. The van der Waals surface area contributed by atoms with Crippen LogP contribution in [0, 0.1) is 0 Å². The number of methoxy groups -OCH3 is 1. The molecule has 0 unspecified atom stereocenters. The van der Waals surface area contributed by atoms with E-state index in [4.69, 9.17) is 14.6 Å². The van der Waals surface area contributed by atoms with Crippen LogP contribution in [-0.2, 0) is 19.6 Å². The van der Waals surface area contributed by atoms with Crippen LogP contribution in [0.1, 0.15) is 35.9 Å². The largest absolute Gasteiger partial charge is 0.496 e. The number of likely N-dealkylation sites (N-methyl/N-ethyl adjacent to an activating group) is 1. The van der Waals surface area contributed by atoms with Crippen LogP contribution >= 0.6 is 0 Å². The van der Waals surface area contributed by atoms with E-state index in [1.807, 2.05) is 13.8 Å². The molecule has 0 spiro atoms. The average molecular weight is 420 g/mol. The Bertz CT molecular complexity index is 972. The van der Waals surface area contributed by atoms with Gasteiger partial charge in [-0.15, -0.1) is 0 Å². The molecule has 0 saturated carbocycles. The molecule has 1 amide bonds. The molecule has 1 atom stereocenters. The lowest BCUT2D eigenvalue weighted by Crippen LogP contribution is -2.36. The first-order valence-corrected chi connectivity index (χ1v) is 10.5. The summed E-state index contributed by atoms with van der Waals surface area (Å²) < 4.78 is 34.0. The Hall–Kier alpha value is -2.91. The highest BCUT2D eigenvalue weighted by atomic mass is 32.2. The molecule has 0 heterocycles. The lowest BCUT2D eigenvalue weighted by Gasteiger charge is -2.25. The van der Waals surface area contributed by atoms with Crippen LogP contribution in [0.5, 0.6) is 5.75 Å². The molecule has 0 aliphatic rings. The lowest BCUT2D eigenvalue weighted by atomic mass is 10.1. The van der Waals surface area contributed by atoms with E-state index in [1.54, 1.807) is 35.2 Å². The number of esters is 1. The molecule has 156 valence electrons. The van der Waals surface area contributed by atoms with Crippen molar-refractivity contribution >= 4 is 21.9 Å². The van der Waals surface area contributed by atoms with E-state index in [0.717, 1.165) is 6.07 Å². The number of ether oxygens (including phenoxy) is 2. The highest BCUT2D eigenvalue weighted by molar-refractivity contribution is 7.89. The van der Waals surface area contributed by atoms with Crippen molar-refractivity contribution in [1.82, 2.24) is 4.90 Å². The summed E-state index contributed by atoms with van der Waals surface area (Å²) in [6.07, 6.45) is -1.19. The molecule has 29 heavy (non-hydrogen) atoms. The first-order valence-electron chi connectivity index (χ1n) is 8.98. The first kappa shape index (κ1) is 22.4. The van der Waals surface area contributed by atoms with Crippen LogP contribution in [0.3, 0.4) is 0 Å². The summed E-state index contributed by atoms with van der Waals surface area (Å²) in [6, 6.07) is 12.2. The van der Waals surface area contributed by atoms with E-state index in [2.05, 4.69) is 0 Å². The second-order valence-corrected chi connectivity index (χ2v) is 7.68. The third kappa shape index (κ3) is 5.33. The minimum atomic E-state index is -4.04. The van der Waals surface area contributed by atoms with E-state index in [0.29, 0.717) is 18.7 Å². The summed E-state index contributed by atoms with van der Waals surface area (Å²) in [6.45, 7) is 4.54. The molecule has 0 aliphatic carbocycles. The fraction of sp³-hybridized carbons (Fsp3) is 0.300. The van der Waals surface area contributed by atoms with Gasteiger partial charge in [-0.25, -0.2) is 18.4 Å². The zero-order chi connectivity index (χ0) is 21.6. The summed E-state index contributed by atoms with van der Waals surface area (Å²) in [5, 5.41) is 5.15. The molecule has 0 aromatic heterocycles. The number of nitrogens with two attached hydrogens (primary N) is 1. The van der Waals surface area contributed by atoms with E-state index in [1.165, 1.54) is 19.2 Å². The highest BCUT2D eigenvalue weighted by Gasteiger charge is 2.30. The number of hydrogen-bond acceptors (Lipinski definition) is 6. The lowest BCUT2D eigenvalue weighted by molar-refractivity contribution is -0.140. The monoisotopic (exact) mass is 420 g/mol. The maximum Gasteiger partial charge on any atom is 0.343 e. The quantitative estimate of drug-likeness (QED) is 0.654. The van der Waals surface area contributed by atoms with Crippen molar-refractivity contribution in [1.29, 1.82) is 0 Å². The maximum atomic E-state index is 13.0. The number of nitrogens with zero attached hydrogens (tertiary/aromatic N) is 1. The van der Waals surface area contributed by atoms with Gasteiger partial charge in [0.2, 0.25) is 16.1 Å². The van der Waals surface area contributed by atoms with E-state index >= 15 is 0 Å². The van der Waals surface area contributed by atoms with Gasteiger partial charge in [0.25, 0.3) is 5.91 Å². The number of rotatable bonds is 8. The third-order valence-electron chi connectivity index (χ3n) is 4.35. The predicted octanol–water partition coefficient (Wildman–Crippen LogP) is 2.11. The Balaban J connectivity index is 2.46. The Labute approximate surface area is 170 Å². The number of amides is 1. The molecule has 2 rings (SSSR count). The van der Waals surface area contributed by atoms with Crippen LogP contribution in [0.2, 0.25) is 0 Å². The Morgan fingerprint density at radius 2 is 1.69 bits per heavy atom. The Morgan fingerprint density at radius 1 is 1.07 bits per heavy atom. The van der Waals surface area contributed by atoms with Gasteiger partial charge in [-0.1, -0.05) is 30.3 Å². The minimum Gasteiger partial charge on any atom is -0.496 e. The summed E-state index contributed by atoms with van der Waals surface area (Å²) in [4.78, 5) is 27.1. The summed E-state index contributed by atoms with van der Waals surface area (Å²) >= 11 is 0. The molecular formula is C20H24N2O6S. The number of benzene rings is 2. The number of hydrogen-bond donors (Lipinski definition) is 1. The zero-order valence-corrected chi connectivity index (χ0v) is 17.3. The van der Waals surface area contributed by atoms with Crippen molar-refractivity contribution in [3.05, 3.63) is 59.7 Å². The molecule has 0 saturated heterocycles. The van der Waals surface area contributed by atoms with Crippen molar-refractivity contribution in [2.75, 3.05) is 20.2 Å². The average Bonchev–Trinajstić information content (AvgIpc) is 2.72. The first-order chi connectivity index (χ1) is 13.7. The van der Waals surface area contributed by atoms with Crippen molar-refractivity contribution in [2.24, 2.45) is 5.14 Å². The molecule has 9 heteroatoms. The number of carbonyl (C=O) groups excluding carboxylic acids is 2. The topological polar surface area (TPSA) is 116 Å². The standard InChI is InChI=1S/C20H24N2O6S/c1-4-22(5-2)19(23)18(14-9-7-6-8-10-14)28-20(24)16-13-15(29(21,25)26)11-12-17(16)27-3/h6-13,18H,4-5H2,1-3H3,(H2,21,25,26)/t18-/m1/s1.